The second kappa shape index (κ2) is 4.83. The quantitative estimate of drug-likeness (QED) is 0.916. The van der Waals surface area contributed by atoms with Crippen molar-refractivity contribution >= 4 is 34.0 Å². The van der Waals surface area contributed by atoms with Crippen molar-refractivity contribution < 1.29 is 9.90 Å². The molecule has 1 heterocycles. The van der Waals surface area contributed by atoms with Gasteiger partial charge in [-0.2, -0.15) is 0 Å². The van der Waals surface area contributed by atoms with Crippen LogP contribution in [0.5, 0.6) is 0 Å². The van der Waals surface area contributed by atoms with Gasteiger partial charge in [0.1, 0.15) is 0 Å². The fraction of sp³-hybridized carbons (Fsp3) is 0.267. The minimum absolute atomic E-state index is 0.0187. The molecule has 1 atom stereocenters. The fourth-order valence-electron chi connectivity index (χ4n) is 2.64. The van der Waals surface area contributed by atoms with E-state index in [1.54, 1.807) is 4.90 Å². The number of benzene rings is 2. The minimum Gasteiger partial charge on any atom is -0.396 e. The Kier molecular flexibility index (Phi) is 3.17. The molecular weight excluding hydrogens is 262 g/mol. The molecule has 0 spiro atoms. The van der Waals surface area contributed by atoms with Crippen LogP contribution in [0.2, 0.25) is 5.02 Å². The number of hydrogen-bond acceptors (Lipinski definition) is 2. The van der Waals surface area contributed by atoms with Gasteiger partial charge in [0.15, 0.2) is 0 Å². The predicted molar refractivity (Wildman–Crippen MR) is 76.5 cm³/mol. The molecule has 0 radical (unpaired) electrons. The van der Waals surface area contributed by atoms with Crippen LogP contribution >= 0.6 is 11.6 Å². The lowest BCUT2D eigenvalue weighted by molar-refractivity contribution is -0.117. The summed E-state index contributed by atoms with van der Waals surface area (Å²) in [6.45, 7) is 0.598. The Labute approximate surface area is 116 Å². The van der Waals surface area contributed by atoms with Crippen LogP contribution in [0.25, 0.3) is 10.8 Å². The molecule has 1 aliphatic rings. The molecule has 1 fully saturated rings. The van der Waals surface area contributed by atoms with E-state index in [2.05, 4.69) is 0 Å². The highest BCUT2D eigenvalue weighted by Crippen LogP contribution is 2.35. The van der Waals surface area contributed by atoms with Crippen LogP contribution in [-0.4, -0.2) is 24.2 Å². The number of halogens is 1. The van der Waals surface area contributed by atoms with Gasteiger partial charge in [0, 0.05) is 30.9 Å². The smallest absolute Gasteiger partial charge is 0.227 e. The normalized spacial score (nSPS) is 19.4. The molecule has 0 saturated carbocycles. The molecule has 2 aromatic rings. The molecule has 1 unspecified atom stereocenters. The molecule has 1 N–H and O–H groups in total. The van der Waals surface area contributed by atoms with E-state index in [9.17, 15) is 9.90 Å². The van der Waals surface area contributed by atoms with Gasteiger partial charge in [-0.25, -0.2) is 0 Å². The molecule has 1 amide bonds. The summed E-state index contributed by atoms with van der Waals surface area (Å²) in [7, 11) is 0. The number of amides is 1. The minimum atomic E-state index is 0.0187. The summed E-state index contributed by atoms with van der Waals surface area (Å²) in [6, 6.07) is 11.5. The highest BCUT2D eigenvalue weighted by atomic mass is 35.5. The summed E-state index contributed by atoms with van der Waals surface area (Å²) in [5, 5.41) is 11.8. The van der Waals surface area contributed by atoms with Gasteiger partial charge in [-0.15, -0.1) is 0 Å². The molecule has 0 aliphatic carbocycles. The van der Waals surface area contributed by atoms with Crippen LogP contribution < -0.4 is 4.90 Å². The summed E-state index contributed by atoms with van der Waals surface area (Å²) >= 11 is 6.27. The molecule has 0 bridgehead atoms. The van der Waals surface area contributed by atoms with Crippen molar-refractivity contribution in [2.24, 2.45) is 5.92 Å². The molecule has 1 saturated heterocycles. The van der Waals surface area contributed by atoms with E-state index in [0.717, 1.165) is 16.5 Å². The molecule has 2 aromatic carbocycles. The van der Waals surface area contributed by atoms with Gasteiger partial charge in [-0.3, -0.25) is 4.79 Å². The number of carbonyl (C=O) groups excluding carboxylic acids is 1. The zero-order valence-electron chi connectivity index (χ0n) is 10.3. The van der Waals surface area contributed by atoms with Crippen LogP contribution in [0.15, 0.2) is 36.4 Å². The fourth-order valence-corrected chi connectivity index (χ4v) is 2.92. The van der Waals surface area contributed by atoms with Crippen molar-refractivity contribution in [3.05, 3.63) is 41.4 Å². The maximum absolute atomic E-state index is 12.1. The number of fused-ring (bicyclic) bond motifs is 1. The molecular formula is C15H14ClNO2. The van der Waals surface area contributed by atoms with Crippen LogP contribution in [-0.2, 0) is 4.79 Å². The summed E-state index contributed by atoms with van der Waals surface area (Å²) in [4.78, 5) is 13.8. The zero-order chi connectivity index (χ0) is 13.4. The summed E-state index contributed by atoms with van der Waals surface area (Å²) in [6.07, 6.45) is 0.400. The standard InChI is InChI=1S/C15H14ClNO2/c16-12-5-1-3-11-4-2-6-13(15(11)12)17-8-10(9-18)7-14(17)19/h1-6,10,18H,7-9H2. The Bertz CT molecular complexity index is 636. The third-order valence-electron chi connectivity index (χ3n) is 3.59. The number of hydrogen-bond donors (Lipinski definition) is 1. The summed E-state index contributed by atoms with van der Waals surface area (Å²) in [5.74, 6) is 0.0664. The third kappa shape index (κ3) is 2.09. The average Bonchev–Trinajstić information content (AvgIpc) is 2.80. The lowest BCUT2D eigenvalue weighted by Gasteiger charge is -2.19. The van der Waals surface area contributed by atoms with Gasteiger partial charge in [-0.1, -0.05) is 35.9 Å². The van der Waals surface area contributed by atoms with Gasteiger partial charge in [0.05, 0.1) is 10.7 Å². The van der Waals surface area contributed by atoms with Crippen molar-refractivity contribution in [1.29, 1.82) is 0 Å². The number of aliphatic hydroxyl groups is 1. The number of nitrogens with zero attached hydrogens (tertiary/aromatic N) is 1. The Morgan fingerprint density at radius 1 is 1.26 bits per heavy atom. The second-order valence-corrected chi connectivity index (χ2v) is 5.28. The first-order chi connectivity index (χ1) is 9.20. The van der Waals surface area contributed by atoms with Gasteiger partial charge < -0.3 is 10.0 Å². The first-order valence-electron chi connectivity index (χ1n) is 6.29. The van der Waals surface area contributed by atoms with Gasteiger partial charge >= 0.3 is 0 Å². The Morgan fingerprint density at radius 3 is 2.68 bits per heavy atom. The van der Waals surface area contributed by atoms with Crippen molar-refractivity contribution in [3.63, 3.8) is 0 Å². The monoisotopic (exact) mass is 275 g/mol. The zero-order valence-corrected chi connectivity index (χ0v) is 11.1. The molecule has 98 valence electrons. The van der Waals surface area contributed by atoms with E-state index in [1.165, 1.54) is 0 Å². The van der Waals surface area contributed by atoms with Gasteiger partial charge in [0.25, 0.3) is 0 Å². The van der Waals surface area contributed by atoms with Gasteiger partial charge in [-0.05, 0) is 17.5 Å². The van der Waals surface area contributed by atoms with Crippen molar-refractivity contribution in [1.82, 2.24) is 0 Å². The Morgan fingerprint density at radius 2 is 2.00 bits per heavy atom. The number of anilines is 1. The number of rotatable bonds is 2. The van der Waals surface area contributed by atoms with Crippen LogP contribution in [0.1, 0.15) is 6.42 Å². The molecule has 0 aromatic heterocycles. The summed E-state index contributed by atoms with van der Waals surface area (Å²) < 4.78 is 0. The van der Waals surface area contributed by atoms with E-state index < -0.39 is 0 Å². The van der Waals surface area contributed by atoms with Crippen LogP contribution in [0, 0.1) is 5.92 Å². The van der Waals surface area contributed by atoms with E-state index in [0.29, 0.717) is 18.0 Å². The SMILES string of the molecule is O=C1CC(CO)CN1c1cccc2cccc(Cl)c12. The molecule has 3 nitrogen and oxygen atoms in total. The largest absolute Gasteiger partial charge is 0.396 e. The van der Waals surface area contributed by atoms with Crippen molar-refractivity contribution in [2.45, 2.75) is 6.42 Å². The van der Waals surface area contributed by atoms with Crippen molar-refractivity contribution in [2.75, 3.05) is 18.1 Å². The lowest BCUT2D eigenvalue weighted by atomic mass is 10.1. The topological polar surface area (TPSA) is 40.5 Å². The molecule has 19 heavy (non-hydrogen) atoms. The maximum atomic E-state index is 12.1. The molecule has 4 heteroatoms. The average molecular weight is 276 g/mol. The molecule has 3 rings (SSSR count). The van der Waals surface area contributed by atoms with E-state index in [4.69, 9.17) is 11.6 Å². The third-order valence-corrected chi connectivity index (χ3v) is 3.90. The predicted octanol–water partition coefficient (Wildman–Crippen LogP) is 2.84. The number of carbonyl (C=O) groups is 1. The highest BCUT2D eigenvalue weighted by molar-refractivity contribution is 6.37. The van der Waals surface area contributed by atoms with Crippen LogP contribution in [0.4, 0.5) is 5.69 Å². The van der Waals surface area contributed by atoms with E-state index in [1.807, 2.05) is 36.4 Å². The Balaban J connectivity index is 2.13. The highest BCUT2D eigenvalue weighted by Gasteiger charge is 2.31. The van der Waals surface area contributed by atoms with Crippen molar-refractivity contribution in [3.8, 4) is 0 Å². The summed E-state index contributed by atoms with van der Waals surface area (Å²) in [5.41, 5.74) is 0.837. The van der Waals surface area contributed by atoms with E-state index >= 15 is 0 Å². The second-order valence-electron chi connectivity index (χ2n) is 4.87. The maximum Gasteiger partial charge on any atom is 0.227 e. The number of aliphatic hydroxyl groups excluding tert-OH is 1. The first-order valence-corrected chi connectivity index (χ1v) is 6.67. The Hall–Kier alpha value is -1.58. The lowest BCUT2D eigenvalue weighted by Crippen LogP contribution is -2.25. The van der Waals surface area contributed by atoms with E-state index in [-0.39, 0.29) is 18.4 Å². The first kappa shape index (κ1) is 12.5. The van der Waals surface area contributed by atoms with Gasteiger partial charge in [0.2, 0.25) is 5.91 Å². The molecule has 1 aliphatic heterocycles. The van der Waals surface area contributed by atoms with Crippen LogP contribution in [0.3, 0.4) is 0 Å².